The molecule has 0 spiro atoms. The number of methoxy groups -OCH3 is 2. The standard InChI is InChI=1S/C19H18F4N2O4/c1-28-15-8-7-12(19(21,22)23)10-14(15)24-18(27)25-17-11(4-3-5-13(17)20)6-9-16(26)29-2/h3-5,7-8,10H,6,9H2,1-2H3,(H2,24,25,27). The first-order chi connectivity index (χ1) is 13.7. The second-order valence-electron chi connectivity index (χ2n) is 5.84. The summed E-state index contributed by atoms with van der Waals surface area (Å²) in [5.74, 6) is -1.29. The summed E-state index contributed by atoms with van der Waals surface area (Å²) in [4.78, 5) is 23.6. The third-order valence-electron chi connectivity index (χ3n) is 3.94. The van der Waals surface area contributed by atoms with E-state index in [2.05, 4.69) is 15.4 Å². The number of alkyl halides is 3. The third kappa shape index (κ3) is 5.84. The van der Waals surface area contributed by atoms with E-state index in [1.54, 1.807) is 0 Å². The van der Waals surface area contributed by atoms with Crippen LogP contribution < -0.4 is 15.4 Å². The Morgan fingerprint density at radius 3 is 2.41 bits per heavy atom. The molecule has 0 radical (unpaired) electrons. The number of amides is 2. The summed E-state index contributed by atoms with van der Waals surface area (Å²) in [7, 11) is 2.44. The van der Waals surface area contributed by atoms with Gasteiger partial charge in [-0.25, -0.2) is 9.18 Å². The summed E-state index contributed by atoms with van der Waals surface area (Å²) < 4.78 is 62.4. The highest BCUT2D eigenvalue weighted by Gasteiger charge is 2.31. The third-order valence-corrected chi connectivity index (χ3v) is 3.94. The first kappa shape index (κ1) is 22.0. The molecule has 2 aromatic rings. The molecule has 0 unspecified atom stereocenters. The second-order valence-corrected chi connectivity index (χ2v) is 5.84. The molecule has 29 heavy (non-hydrogen) atoms. The number of anilines is 2. The molecule has 0 fully saturated rings. The van der Waals surface area contributed by atoms with Gasteiger partial charge in [-0.2, -0.15) is 13.2 Å². The van der Waals surface area contributed by atoms with Crippen molar-refractivity contribution >= 4 is 23.4 Å². The Bertz CT molecular complexity index is 900. The van der Waals surface area contributed by atoms with E-state index in [-0.39, 0.29) is 30.0 Å². The van der Waals surface area contributed by atoms with Crippen LogP contribution in [0.25, 0.3) is 0 Å². The van der Waals surface area contributed by atoms with Crippen LogP contribution in [-0.2, 0) is 22.1 Å². The fourth-order valence-corrected chi connectivity index (χ4v) is 2.50. The quantitative estimate of drug-likeness (QED) is 0.535. The van der Waals surface area contributed by atoms with Crippen LogP contribution in [0, 0.1) is 5.82 Å². The van der Waals surface area contributed by atoms with Crippen LogP contribution in [0.3, 0.4) is 0 Å². The smallest absolute Gasteiger partial charge is 0.416 e. The van der Waals surface area contributed by atoms with Gasteiger partial charge in [0, 0.05) is 6.42 Å². The van der Waals surface area contributed by atoms with Gasteiger partial charge >= 0.3 is 18.2 Å². The van der Waals surface area contributed by atoms with Crippen molar-refractivity contribution in [3.05, 3.63) is 53.3 Å². The van der Waals surface area contributed by atoms with E-state index in [1.165, 1.54) is 26.4 Å². The number of rotatable bonds is 6. The molecule has 0 aliphatic heterocycles. The van der Waals surface area contributed by atoms with E-state index in [0.717, 1.165) is 18.2 Å². The molecule has 0 aliphatic carbocycles. The van der Waals surface area contributed by atoms with Crippen molar-refractivity contribution < 1.29 is 36.6 Å². The summed E-state index contributed by atoms with van der Waals surface area (Å²) in [5, 5.41) is 4.48. The van der Waals surface area contributed by atoms with Gasteiger partial charge in [-0.3, -0.25) is 4.79 Å². The number of nitrogens with one attached hydrogen (secondary N) is 2. The van der Waals surface area contributed by atoms with Crippen LogP contribution in [0.4, 0.5) is 33.7 Å². The minimum atomic E-state index is -4.62. The lowest BCUT2D eigenvalue weighted by atomic mass is 10.1. The SMILES string of the molecule is COC(=O)CCc1cccc(F)c1NC(=O)Nc1cc(C(F)(F)F)ccc1OC. The van der Waals surface area contributed by atoms with Crippen LogP contribution in [-0.4, -0.2) is 26.2 Å². The van der Waals surface area contributed by atoms with Gasteiger partial charge in [0.2, 0.25) is 0 Å². The first-order valence-corrected chi connectivity index (χ1v) is 8.33. The van der Waals surface area contributed by atoms with Crippen molar-refractivity contribution in [2.45, 2.75) is 19.0 Å². The van der Waals surface area contributed by atoms with Gasteiger partial charge in [0.15, 0.2) is 0 Å². The zero-order valence-electron chi connectivity index (χ0n) is 15.5. The van der Waals surface area contributed by atoms with E-state index >= 15 is 0 Å². The molecule has 0 saturated carbocycles. The van der Waals surface area contributed by atoms with Crippen molar-refractivity contribution in [3.8, 4) is 5.75 Å². The molecule has 0 saturated heterocycles. The van der Waals surface area contributed by atoms with Crippen LogP contribution in [0.15, 0.2) is 36.4 Å². The lowest BCUT2D eigenvalue weighted by Crippen LogP contribution is -2.22. The molecule has 0 aromatic heterocycles. The predicted molar refractivity (Wildman–Crippen MR) is 97.4 cm³/mol. The topological polar surface area (TPSA) is 76.7 Å². The number of para-hydroxylation sites is 1. The lowest BCUT2D eigenvalue weighted by molar-refractivity contribution is -0.140. The highest BCUT2D eigenvalue weighted by molar-refractivity contribution is 6.01. The summed E-state index contributed by atoms with van der Waals surface area (Å²) in [6.07, 6.45) is -4.57. The zero-order chi connectivity index (χ0) is 21.6. The Morgan fingerprint density at radius 1 is 1.07 bits per heavy atom. The number of halogens is 4. The van der Waals surface area contributed by atoms with E-state index < -0.39 is 29.6 Å². The van der Waals surface area contributed by atoms with Gasteiger partial charge in [0.05, 0.1) is 31.2 Å². The molecule has 2 amide bonds. The first-order valence-electron chi connectivity index (χ1n) is 8.33. The maximum absolute atomic E-state index is 14.2. The molecule has 2 rings (SSSR count). The maximum Gasteiger partial charge on any atom is 0.416 e. The summed E-state index contributed by atoms with van der Waals surface area (Å²) in [5.41, 5.74) is -1.10. The fraction of sp³-hybridized carbons (Fsp3) is 0.263. The van der Waals surface area contributed by atoms with Gasteiger partial charge in [0.1, 0.15) is 11.6 Å². The molecule has 0 heterocycles. The van der Waals surface area contributed by atoms with Crippen LogP contribution in [0.5, 0.6) is 5.75 Å². The number of hydrogen-bond donors (Lipinski definition) is 2. The van der Waals surface area contributed by atoms with E-state index in [1.807, 2.05) is 0 Å². The van der Waals surface area contributed by atoms with Gasteiger partial charge < -0.3 is 20.1 Å². The average molecular weight is 414 g/mol. The molecule has 0 bridgehead atoms. The molecule has 6 nitrogen and oxygen atoms in total. The summed E-state index contributed by atoms with van der Waals surface area (Å²) in [6, 6.07) is 5.60. The molecule has 10 heteroatoms. The van der Waals surface area contributed by atoms with Crippen molar-refractivity contribution in [1.29, 1.82) is 0 Å². The van der Waals surface area contributed by atoms with Gasteiger partial charge in [-0.1, -0.05) is 12.1 Å². The number of hydrogen-bond acceptors (Lipinski definition) is 4. The zero-order valence-corrected chi connectivity index (χ0v) is 15.5. The Kier molecular flexibility index (Phi) is 7.03. The fourth-order valence-electron chi connectivity index (χ4n) is 2.50. The molecule has 2 aromatic carbocycles. The van der Waals surface area contributed by atoms with Crippen molar-refractivity contribution in [2.24, 2.45) is 0 Å². The Balaban J connectivity index is 2.22. The van der Waals surface area contributed by atoms with Crippen LogP contribution in [0.1, 0.15) is 17.5 Å². The maximum atomic E-state index is 14.2. The number of urea groups is 1. The van der Waals surface area contributed by atoms with E-state index in [0.29, 0.717) is 11.6 Å². The lowest BCUT2D eigenvalue weighted by Gasteiger charge is -2.16. The van der Waals surface area contributed by atoms with Gasteiger partial charge in [-0.15, -0.1) is 0 Å². The molecular weight excluding hydrogens is 396 g/mol. The van der Waals surface area contributed by atoms with Crippen molar-refractivity contribution in [3.63, 3.8) is 0 Å². The molecule has 0 aliphatic rings. The average Bonchev–Trinajstić information content (AvgIpc) is 2.67. The number of carbonyl (C=O) groups is 2. The van der Waals surface area contributed by atoms with Crippen LogP contribution >= 0.6 is 0 Å². The molecular formula is C19H18F4N2O4. The predicted octanol–water partition coefficient (Wildman–Crippen LogP) is 4.60. The highest BCUT2D eigenvalue weighted by Crippen LogP contribution is 2.35. The Morgan fingerprint density at radius 2 is 1.79 bits per heavy atom. The van der Waals surface area contributed by atoms with E-state index in [9.17, 15) is 27.2 Å². The minimum absolute atomic E-state index is 0.00685. The molecule has 156 valence electrons. The Hall–Kier alpha value is -3.30. The number of benzene rings is 2. The van der Waals surface area contributed by atoms with Crippen molar-refractivity contribution in [1.82, 2.24) is 0 Å². The highest BCUT2D eigenvalue weighted by atomic mass is 19.4. The molecule has 2 N–H and O–H groups in total. The van der Waals surface area contributed by atoms with Crippen LogP contribution in [0.2, 0.25) is 0 Å². The number of carbonyl (C=O) groups excluding carboxylic acids is 2. The van der Waals surface area contributed by atoms with Crippen molar-refractivity contribution in [2.75, 3.05) is 24.9 Å². The van der Waals surface area contributed by atoms with Gasteiger partial charge in [-0.05, 0) is 36.2 Å². The number of esters is 1. The molecule has 0 atom stereocenters. The van der Waals surface area contributed by atoms with Gasteiger partial charge in [0.25, 0.3) is 0 Å². The Labute approximate surface area is 163 Å². The summed E-state index contributed by atoms with van der Waals surface area (Å²) in [6.45, 7) is 0. The normalized spacial score (nSPS) is 11.0. The number of aryl methyl sites for hydroxylation is 1. The number of ether oxygens (including phenoxy) is 2. The van der Waals surface area contributed by atoms with E-state index in [4.69, 9.17) is 4.74 Å². The second kappa shape index (κ2) is 9.26. The largest absolute Gasteiger partial charge is 0.495 e. The summed E-state index contributed by atoms with van der Waals surface area (Å²) >= 11 is 0. The monoisotopic (exact) mass is 414 g/mol. The minimum Gasteiger partial charge on any atom is -0.495 e.